The minimum Gasteiger partial charge on any atom is -0.481 e. The third-order valence-electron chi connectivity index (χ3n) is 3.32. The van der Waals surface area contributed by atoms with Gasteiger partial charge < -0.3 is 10.4 Å². The zero-order chi connectivity index (χ0) is 13.3. The summed E-state index contributed by atoms with van der Waals surface area (Å²) in [5.41, 5.74) is 1.11. The Balaban J connectivity index is 1.95. The molecule has 0 spiro atoms. The highest BCUT2D eigenvalue weighted by atomic mass is 32.1. The van der Waals surface area contributed by atoms with Crippen LogP contribution in [-0.2, 0) is 9.59 Å². The summed E-state index contributed by atoms with van der Waals surface area (Å²) >= 11 is 1.66. The van der Waals surface area contributed by atoms with Crippen molar-refractivity contribution in [3.63, 3.8) is 0 Å². The lowest BCUT2D eigenvalue weighted by atomic mass is 10.1. The van der Waals surface area contributed by atoms with E-state index in [1.54, 1.807) is 11.3 Å². The topological polar surface area (TPSA) is 66.4 Å². The molecular weight excluding hydrogens is 250 g/mol. The molecule has 3 atom stereocenters. The molecule has 4 nitrogen and oxygen atoms in total. The third-order valence-corrected chi connectivity index (χ3v) is 4.20. The maximum atomic E-state index is 11.9. The normalized spacial score (nSPS) is 23.4. The molecule has 1 aliphatic rings. The first-order valence-electron chi connectivity index (χ1n) is 6.11. The molecule has 0 aromatic carbocycles. The summed E-state index contributed by atoms with van der Waals surface area (Å²) in [6.07, 6.45) is 1.28. The van der Waals surface area contributed by atoms with Crippen LogP contribution in [0.15, 0.2) is 11.4 Å². The van der Waals surface area contributed by atoms with Gasteiger partial charge in [0.1, 0.15) is 0 Å². The molecule has 5 heteroatoms. The van der Waals surface area contributed by atoms with Gasteiger partial charge in [0.25, 0.3) is 0 Å². The SMILES string of the molecule is CCC(NC(=O)[C@@H]1C[C@@H]1C(=O)O)c1csc(C)c1. The first kappa shape index (κ1) is 13.1. The van der Waals surface area contributed by atoms with Crippen molar-refractivity contribution >= 4 is 23.2 Å². The van der Waals surface area contributed by atoms with Crippen LogP contribution in [0.4, 0.5) is 0 Å². The molecule has 0 saturated heterocycles. The predicted molar refractivity (Wildman–Crippen MR) is 69.5 cm³/mol. The molecule has 1 aliphatic carbocycles. The van der Waals surface area contributed by atoms with Crippen LogP contribution in [-0.4, -0.2) is 17.0 Å². The summed E-state index contributed by atoms with van der Waals surface area (Å²) in [5, 5.41) is 13.8. The number of aryl methyl sites for hydroxylation is 1. The fourth-order valence-electron chi connectivity index (χ4n) is 2.10. The standard InChI is InChI=1S/C13H17NO3S/c1-3-11(8-4-7(2)18-6-8)14-12(15)9-5-10(9)13(16)17/h4,6,9-11H,3,5H2,1-2H3,(H,14,15)(H,16,17)/t9-,10+,11?/m1/s1. The second-order valence-electron chi connectivity index (χ2n) is 4.75. The highest BCUT2D eigenvalue weighted by Gasteiger charge is 2.48. The molecule has 0 bridgehead atoms. The largest absolute Gasteiger partial charge is 0.481 e. The number of carboxylic acid groups (broad SMARTS) is 1. The number of amides is 1. The van der Waals surface area contributed by atoms with Crippen molar-refractivity contribution < 1.29 is 14.7 Å². The third kappa shape index (κ3) is 2.72. The lowest BCUT2D eigenvalue weighted by Gasteiger charge is -2.15. The first-order valence-corrected chi connectivity index (χ1v) is 6.99. The van der Waals surface area contributed by atoms with Gasteiger partial charge in [0.15, 0.2) is 0 Å². The van der Waals surface area contributed by atoms with Gasteiger partial charge >= 0.3 is 5.97 Å². The van der Waals surface area contributed by atoms with E-state index in [2.05, 4.69) is 11.4 Å². The number of rotatable bonds is 5. The van der Waals surface area contributed by atoms with Crippen LogP contribution in [0, 0.1) is 18.8 Å². The molecule has 18 heavy (non-hydrogen) atoms. The fourth-order valence-corrected chi connectivity index (χ4v) is 2.86. The van der Waals surface area contributed by atoms with Gasteiger partial charge in [-0.25, -0.2) is 0 Å². The van der Waals surface area contributed by atoms with E-state index < -0.39 is 11.9 Å². The van der Waals surface area contributed by atoms with Crippen LogP contribution in [0.25, 0.3) is 0 Å². The Bertz CT molecular complexity index is 469. The van der Waals surface area contributed by atoms with Crippen molar-refractivity contribution in [2.45, 2.75) is 32.7 Å². The summed E-state index contributed by atoms with van der Waals surface area (Å²) < 4.78 is 0. The van der Waals surface area contributed by atoms with E-state index in [1.807, 2.05) is 19.2 Å². The summed E-state index contributed by atoms with van der Waals surface area (Å²) in [7, 11) is 0. The number of carbonyl (C=O) groups excluding carboxylic acids is 1. The van der Waals surface area contributed by atoms with Crippen molar-refractivity contribution in [3.05, 3.63) is 21.9 Å². The number of carbonyl (C=O) groups is 2. The number of thiophene rings is 1. The molecule has 2 rings (SSSR count). The molecule has 1 aromatic heterocycles. The maximum Gasteiger partial charge on any atom is 0.307 e. The Morgan fingerprint density at radius 2 is 2.28 bits per heavy atom. The Hall–Kier alpha value is -1.36. The monoisotopic (exact) mass is 267 g/mol. The van der Waals surface area contributed by atoms with Crippen LogP contribution < -0.4 is 5.32 Å². The van der Waals surface area contributed by atoms with E-state index in [-0.39, 0.29) is 17.9 Å². The van der Waals surface area contributed by atoms with Gasteiger partial charge in [0.2, 0.25) is 5.91 Å². The second kappa shape index (κ2) is 5.10. The molecule has 2 N–H and O–H groups in total. The van der Waals surface area contributed by atoms with Crippen molar-refractivity contribution in [3.8, 4) is 0 Å². The number of nitrogens with one attached hydrogen (secondary N) is 1. The summed E-state index contributed by atoms with van der Waals surface area (Å²) in [5.74, 6) is -1.81. The van der Waals surface area contributed by atoms with E-state index in [0.29, 0.717) is 6.42 Å². The average Bonchev–Trinajstić information content (AvgIpc) is 3.03. The van der Waals surface area contributed by atoms with Crippen LogP contribution >= 0.6 is 11.3 Å². The average molecular weight is 267 g/mol. The predicted octanol–water partition coefficient (Wildman–Crippen LogP) is 2.34. The summed E-state index contributed by atoms with van der Waals surface area (Å²) in [4.78, 5) is 23.8. The molecule has 1 unspecified atom stereocenters. The highest BCUT2D eigenvalue weighted by molar-refractivity contribution is 7.10. The Labute approximate surface area is 110 Å². The quantitative estimate of drug-likeness (QED) is 0.860. The van der Waals surface area contributed by atoms with Gasteiger partial charge in [0, 0.05) is 4.88 Å². The van der Waals surface area contributed by atoms with E-state index in [0.717, 1.165) is 12.0 Å². The van der Waals surface area contributed by atoms with Crippen LogP contribution in [0.1, 0.15) is 36.2 Å². The van der Waals surface area contributed by atoms with Gasteiger partial charge in [-0.3, -0.25) is 9.59 Å². The van der Waals surface area contributed by atoms with E-state index in [1.165, 1.54) is 4.88 Å². The van der Waals surface area contributed by atoms with Gasteiger partial charge in [-0.15, -0.1) is 11.3 Å². The molecule has 1 heterocycles. The van der Waals surface area contributed by atoms with Gasteiger partial charge in [0.05, 0.1) is 17.9 Å². The minimum absolute atomic E-state index is 0.00232. The smallest absolute Gasteiger partial charge is 0.307 e. The zero-order valence-electron chi connectivity index (χ0n) is 10.5. The van der Waals surface area contributed by atoms with Crippen molar-refractivity contribution in [1.82, 2.24) is 5.32 Å². The van der Waals surface area contributed by atoms with Crippen LogP contribution in [0.5, 0.6) is 0 Å². The molecule has 98 valence electrons. The molecule has 0 radical (unpaired) electrons. The number of hydrogen-bond acceptors (Lipinski definition) is 3. The molecule has 0 aliphatic heterocycles. The van der Waals surface area contributed by atoms with Crippen molar-refractivity contribution in [2.75, 3.05) is 0 Å². The summed E-state index contributed by atoms with van der Waals surface area (Å²) in [6, 6.07) is 2.07. The second-order valence-corrected chi connectivity index (χ2v) is 5.86. The number of aliphatic carboxylic acids is 1. The molecule has 1 fully saturated rings. The highest BCUT2D eigenvalue weighted by Crippen LogP contribution is 2.39. The Morgan fingerprint density at radius 3 is 2.72 bits per heavy atom. The van der Waals surface area contributed by atoms with E-state index in [9.17, 15) is 9.59 Å². The maximum absolute atomic E-state index is 11.9. The zero-order valence-corrected chi connectivity index (χ0v) is 11.3. The molecule has 1 amide bonds. The minimum atomic E-state index is -0.866. The first-order chi connectivity index (χ1) is 8.52. The van der Waals surface area contributed by atoms with Crippen molar-refractivity contribution in [1.29, 1.82) is 0 Å². The van der Waals surface area contributed by atoms with Crippen molar-refractivity contribution in [2.24, 2.45) is 11.8 Å². The molecule has 1 aromatic rings. The molecule has 1 saturated carbocycles. The van der Waals surface area contributed by atoms with Gasteiger partial charge in [-0.2, -0.15) is 0 Å². The fraction of sp³-hybridized carbons (Fsp3) is 0.538. The lowest BCUT2D eigenvalue weighted by molar-refractivity contribution is -0.140. The number of hydrogen-bond donors (Lipinski definition) is 2. The molecular formula is C13H17NO3S. The van der Waals surface area contributed by atoms with Gasteiger partial charge in [-0.05, 0) is 36.8 Å². The van der Waals surface area contributed by atoms with E-state index >= 15 is 0 Å². The van der Waals surface area contributed by atoms with E-state index in [4.69, 9.17) is 5.11 Å². The van der Waals surface area contributed by atoms with Crippen LogP contribution in [0.3, 0.4) is 0 Å². The van der Waals surface area contributed by atoms with Crippen LogP contribution in [0.2, 0.25) is 0 Å². The summed E-state index contributed by atoms with van der Waals surface area (Å²) in [6.45, 7) is 4.05. The Morgan fingerprint density at radius 1 is 1.56 bits per heavy atom. The lowest BCUT2D eigenvalue weighted by Crippen LogP contribution is -2.30. The Kier molecular flexibility index (Phi) is 3.71. The van der Waals surface area contributed by atoms with Gasteiger partial charge in [-0.1, -0.05) is 6.92 Å². The number of carboxylic acids is 1.